The lowest BCUT2D eigenvalue weighted by atomic mass is 9.89. The van der Waals surface area contributed by atoms with E-state index in [-0.39, 0.29) is 0 Å². The van der Waals surface area contributed by atoms with E-state index in [1.807, 2.05) is 78.9 Å². The molecule has 4 heteroatoms. The van der Waals surface area contributed by atoms with E-state index in [4.69, 9.17) is 8.83 Å². The molecule has 0 aliphatic carbocycles. The van der Waals surface area contributed by atoms with Gasteiger partial charge >= 0.3 is 0 Å². The number of benzene rings is 6. The molecule has 8 aromatic rings. The standard InChI is InChI=1S/C38H20N2O2/c39-21-23-15-16-34-32(17-23)38-30(11-6-14-36(38)42-34)27-19-25(28-8-2-1-7-24(28)22-40)18-26(20-27)29-10-5-13-35-37(29)31-9-3-4-12-33(31)41-35/h1-20H. The van der Waals surface area contributed by atoms with Crippen molar-refractivity contribution in [3.05, 3.63) is 132 Å². The minimum atomic E-state index is 0.580. The predicted molar refractivity (Wildman–Crippen MR) is 167 cm³/mol. The Bertz CT molecular complexity index is 2450. The lowest BCUT2D eigenvalue weighted by Crippen LogP contribution is -1.89. The summed E-state index contributed by atoms with van der Waals surface area (Å²) in [4.78, 5) is 0. The van der Waals surface area contributed by atoms with Gasteiger partial charge in [0.1, 0.15) is 22.3 Å². The molecule has 0 saturated carbocycles. The second kappa shape index (κ2) is 9.24. The number of hydrogen-bond donors (Lipinski definition) is 0. The van der Waals surface area contributed by atoms with Gasteiger partial charge in [0.2, 0.25) is 0 Å². The SMILES string of the molecule is N#Cc1ccc2oc3cccc(-c4cc(-c5ccccc5C#N)cc(-c5cccc6oc7ccccc7c56)c4)c3c2c1. The normalized spacial score (nSPS) is 11.3. The molecule has 0 saturated heterocycles. The van der Waals surface area contributed by atoms with Gasteiger partial charge in [0.05, 0.1) is 23.3 Å². The summed E-state index contributed by atoms with van der Waals surface area (Å²) in [5, 5.41) is 23.5. The monoisotopic (exact) mass is 536 g/mol. The van der Waals surface area contributed by atoms with Crippen molar-refractivity contribution in [1.29, 1.82) is 10.5 Å². The van der Waals surface area contributed by atoms with Crippen LogP contribution in [0.2, 0.25) is 0 Å². The van der Waals surface area contributed by atoms with Crippen LogP contribution in [0.1, 0.15) is 11.1 Å². The molecule has 6 aromatic carbocycles. The van der Waals surface area contributed by atoms with E-state index in [0.29, 0.717) is 11.1 Å². The second-order valence-electron chi connectivity index (χ2n) is 10.3. The highest BCUT2D eigenvalue weighted by Gasteiger charge is 2.18. The molecule has 2 heterocycles. The van der Waals surface area contributed by atoms with Crippen molar-refractivity contribution in [3.8, 4) is 45.5 Å². The van der Waals surface area contributed by atoms with Crippen molar-refractivity contribution in [2.45, 2.75) is 0 Å². The molecule has 42 heavy (non-hydrogen) atoms. The fraction of sp³-hybridized carbons (Fsp3) is 0. The highest BCUT2D eigenvalue weighted by Crippen LogP contribution is 2.43. The van der Waals surface area contributed by atoms with E-state index >= 15 is 0 Å². The summed E-state index contributed by atoms with van der Waals surface area (Å²) >= 11 is 0. The Kier molecular flexibility index (Phi) is 5.22. The van der Waals surface area contributed by atoms with Gasteiger partial charge in [0.25, 0.3) is 0 Å². The fourth-order valence-electron chi connectivity index (χ4n) is 6.08. The van der Waals surface area contributed by atoms with Crippen molar-refractivity contribution < 1.29 is 8.83 Å². The van der Waals surface area contributed by atoms with Gasteiger partial charge in [0, 0.05) is 21.5 Å². The first-order valence-electron chi connectivity index (χ1n) is 13.6. The summed E-state index contributed by atoms with van der Waals surface area (Å²) in [5.74, 6) is 0. The van der Waals surface area contributed by atoms with E-state index in [2.05, 4.69) is 48.5 Å². The maximum atomic E-state index is 9.96. The molecule has 4 nitrogen and oxygen atoms in total. The molecule has 0 aliphatic rings. The Labute approximate surface area is 240 Å². The van der Waals surface area contributed by atoms with Crippen molar-refractivity contribution in [1.82, 2.24) is 0 Å². The first-order chi connectivity index (χ1) is 20.7. The Hall–Kier alpha value is -6.10. The maximum absolute atomic E-state index is 9.96. The number of hydrogen-bond acceptors (Lipinski definition) is 4. The lowest BCUT2D eigenvalue weighted by molar-refractivity contribution is 0.668. The lowest BCUT2D eigenvalue weighted by Gasteiger charge is -2.13. The summed E-state index contributed by atoms with van der Waals surface area (Å²) in [6, 6.07) is 44.6. The number of para-hydroxylation sites is 1. The largest absolute Gasteiger partial charge is 0.456 e. The topological polar surface area (TPSA) is 73.9 Å². The number of fused-ring (bicyclic) bond motifs is 6. The molecular weight excluding hydrogens is 516 g/mol. The molecule has 0 radical (unpaired) electrons. The van der Waals surface area contributed by atoms with Crippen molar-refractivity contribution in [2.75, 3.05) is 0 Å². The van der Waals surface area contributed by atoms with E-state index in [1.54, 1.807) is 6.07 Å². The molecule has 2 aromatic heterocycles. The van der Waals surface area contributed by atoms with Crippen LogP contribution in [0.4, 0.5) is 0 Å². The molecule has 0 spiro atoms. The summed E-state index contributed by atoms with van der Waals surface area (Å²) < 4.78 is 12.4. The Balaban J connectivity index is 1.47. The van der Waals surface area contributed by atoms with Gasteiger partial charge in [-0.15, -0.1) is 0 Å². The van der Waals surface area contributed by atoms with Crippen LogP contribution in [0, 0.1) is 22.7 Å². The average molecular weight is 537 g/mol. The van der Waals surface area contributed by atoms with Gasteiger partial charge in [-0.05, 0) is 94.0 Å². The van der Waals surface area contributed by atoms with Crippen molar-refractivity contribution in [2.24, 2.45) is 0 Å². The van der Waals surface area contributed by atoms with E-state index in [0.717, 1.165) is 77.3 Å². The van der Waals surface area contributed by atoms with Crippen LogP contribution < -0.4 is 0 Å². The highest BCUT2D eigenvalue weighted by molar-refractivity contribution is 6.15. The molecule has 0 aliphatic heterocycles. The van der Waals surface area contributed by atoms with Crippen molar-refractivity contribution in [3.63, 3.8) is 0 Å². The number of nitrogens with zero attached hydrogens (tertiary/aromatic N) is 2. The van der Waals surface area contributed by atoms with Crippen molar-refractivity contribution >= 4 is 43.9 Å². The second-order valence-corrected chi connectivity index (χ2v) is 10.3. The van der Waals surface area contributed by atoms with Crippen LogP contribution in [0.25, 0.3) is 77.3 Å². The molecule has 0 amide bonds. The molecule has 0 fully saturated rings. The summed E-state index contributed by atoms with van der Waals surface area (Å²) in [5.41, 5.74) is 10.2. The van der Waals surface area contributed by atoms with E-state index in [1.165, 1.54) is 0 Å². The minimum Gasteiger partial charge on any atom is -0.456 e. The van der Waals surface area contributed by atoms with Gasteiger partial charge in [-0.25, -0.2) is 0 Å². The van der Waals surface area contributed by atoms with Gasteiger partial charge < -0.3 is 8.83 Å². The van der Waals surface area contributed by atoms with E-state index < -0.39 is 0 Å². The smallest absolute Gasteiger partial charge is 0.136 e. The predicted octanol–water partition coefficient (Wildman–Crippen LogP) is 10.2. The Morgan fingerprint density at radius 3 is 1.67 bits per heavy atom. The van der Waals surface area contributed by atoms with Gasteiger partial charge in [-0.2, -0.15) is 10.5 Å². The van der Waals surface area contributed by atoms with Crippen LogP contribution in [-0.4, -0.2) is 0 Å². The average Bonchev–Trinajstić information content (AvgIpc) is 3.62. The number of furan rings is 2. The van der Waals surface area contributed by atoms with Gasteiger partial charge in [-0.1, -0.05) is 60.7 Å². The van der Waals surface area contributed by atoms with Gasteiger partial charge in [0.15, 0.2) is 0 Å². The van der Waals surface area contributed by atoms with Crippen LogP contribution >= 0.6 is 0 Å². The molecule has 0 bridgehead atoms. The Morgan fingerprint density at radius 1 is 0.429 bits per heavy atom. The first kappa shape index (κ1) is 23.8. The number of rotatable bonds is 3. The zero-order chi connectivity index (χ0) is 28.2. The first-order valence-corrected chi connectivity index (χ1v) is 13.6. The molecule has 0 unspecified atom stereocenters. The fourth-order valence-corrected chi connectivity index (χ4v) is 6.08. The van der Waals surface area contributed by atoms with Crippen LogP contribution in [0.5, 0.6) is 0 Å². The quantitative estimate of drug-likeness (QED) is 0.225. The summed E-state index contributed by atoms with van der Waals surface area (Å²) in [7, 11) is 0. The third-order valence-corrected chi connectivity index (χ3v) is 7.94. The molecule has 8 rings (SSSR count). The maximum Gasteiger partial charge on any atom is 0.136 e. The van der Waals surface area contributed by atoms with E-state index in [9.17, 15) is 10.5 Å². The minimum absolute atomic E-state index is 0.580. The molecule has 0 N–H and O–H groups in total. The zero-order valence-corrected chi connectivity index (χ0v) is 22.3. The van der Waals surface area contributed by atoms with Crippen LogP contribution in [0.3, 0.4) is 0 Å². The molecule has 194 valence electrons. The van der Waals surface area contributed by atoms with Crippen LogP contribution in [-0.2, 0) is 0 Å². The van der Waals surface area contributed by atoms with Gasteiger partial charge in [-0.3, -0.25) is 0 Å². The zero-order valence-electron chi connectivity index (χ0n) is 22.3. The van der Waals surface area contributed by atoms with Crippen LogP contribution in [0.15, 0.2) is 130 Å². The third-order valence-electron chi connectivity index (χ3n) is 7.94. The highest BCUT2D eigenvalue weighted by atomic mass is 16.3. The number of nitriles is 2. The third kappa shape index (κ3) is 3.60. The summed E-state index contributed by atoms with van der Waals surface area (Å²) in [6.45, 7) is 0. The molecule has 0 atom stereocenters. The Morgan fingerprint density at radius 2 is 0.976 bits per heavy atom. The summed E-state index contributed by atoms with van der Waals surface area (Å²) in [6.07, 6.45) is 0. The molecular formula is C38H20N2O2.